The number of carbonyl (C=O) groups excluding carboxylic acids is 1. The van der Waals surface area contributed by atoms with Crippen molar-refractivity contribution >= 4 is 39.6 Å². The maximum absolute atomic E-state index is 13.2. The van der Waals surface area contributed by atoms with Gasteiger partial charge in [-0.05, 0) is 0 Å². The molecule has 1 amide bonds. The summed E-state index contributed by atoms with van der Waals surface area (Å²) in [6, 6.07) is 9.64. The second-order valence-electron chi connectivity index (χ2n) is 6.71. The third-order valence-corrected chi connectivity index (χ3v) is 11.5. The Kier molecular flexibility index (Phi) is 7.08. The van der Waals surface area contributed by atoms with Crippen molar-refractivity contribution in [3.8, 4) is 0 Å². The Morgan fingerprint density at radius 2 is 2.00 bits per heavy atom. The van der Waals surface area contributed by atoms with Gasteiger partial charge in [-0.2, -0.15) is 0 Å². The molecular formula is C20H22AsFN3O3S. The predicted molar refractivity (Wildman–Crippen MR) is 112 cm³/mol. The van der Waals surface area contributed by atoms with Gasteiger partial charge in [-0.1, -0.05) is 0 Å². The summed E-state index contributed by atoms with van der Waals surface area (Å²) in [5.41, 5.74) is 2.34. The Balaban J connectivity index is 1.72. The summed E-state index contributed by atoms with van der Waals surface area (Å²) in [4.78, 5) is 20.1. The van der Waals surface area contributed by atoms with Gasteiger partial charge in [0.15, 0.2) is 0 Å². The van der Waals surface area contributed by atoms with E-state index in [0.717, 1.165) is 22.2 Å². The molecule has 9 heteroatoms. The molecule has 1 aromatic carbocycles. The number of aromatic amines is 1. The predicted octanol–water partition coefficient (Wildman–Crippen LogP) is 2.79. The third-order valence-electron chi connectivity index (χ3n) is 4.32. The summed E-state index contributed by atoms with van der Waals surface area (Å²) in [7, 11) is -3.27. The van der Waals surface area contributed by atoms with Crippen molar-refractivity contribution in [1.29, 1.82) is 0 Å². The van der Waals surface area contributed by atoms with Gasteiger partial charge in [0.1, 0.15) is 0 Å². The Labute approximate surface area is 174 Å². The first-order valence-corrected chi connectivity index (χ1v) is 14.2. The van der Waals surface area contributed by atoms with E-state index in [2.05, 4.69) is 15.3 Å². The summed E-state index contributed by atoms with van der Waals surface area (Å²) >= 11 is -1.25. The number of nitrogens with one attached hydrogen (secondary N) is 2. The van der Waals surface area contributed by atoms with Gasteiger partial charge < -0.3 is 0 Å². The van der Waals surface area contributed by atoms with Gasteiger partial charge >= 0.3 is 175 Å². The molecule has 1 unspecified atom stereocenters. The van der Waals surface area contributed by atoms with Crippen LogP contribution in [0.5, 0.6) is 0 Å². The number of aromatic nitrogens is 2. The van der Waals surface area contributed by atoms with Crippen molar-refractivity contribution in [2.24, 2.45) is 0 Å². The molecule has 1 radical (unpaired) electrons. The fraction of sp³-hybridized carbons (Fsp3) is 0.300. The minimum absolute atomic E-state index is 0.0777. The summed E-state index contributed by atoms with van der Waals surface area (Å²) in [5, 5.41) is 3.79. The standard InChI is InChI=1S/C20H22AsFN3O3S/c1-2-9-29(27,28)21-18(11-14-3-5-17(22)6-4-14)20(26)25-13-15-10-16-7-8-23-19(16)24-12-15/h3-8,10,12,18H,2,9,11,13H2,1H3,(H,23,24)(H,25,26). The van der Waals surface area contributed by atoms with Gasteiger partial charge in [-0.25, -0.2) is 0 Å². The summed E-state index contributed by atoms with van der Waals surface area (Å²) in [5.74, 6) is -0.591. The van der Waals surface area contributed by atoms with Gasteiger partial charge in [0.25, 0.3) is 0 Å². The van der Waals surface area contributed by atoms with Crippen LogP contribution in [0.3, 0.4) is 0 Å². The van der Waals surface area contributed by atoms with Gasteiger partial charge in [0, 0.05) is 0 Å². The van der Waals surface area contributed by atoms with Gasteiger partial charge in [-0.15, -0.1) is 0 Å². The first-order valence-electron chi connectivity index (χ1n) is 9.25. The average molecular weight is 478 g/mol. The van der Waals surface area contributed by atoms with E-state index in [0.29, 0.717) is 6.42 Å². The Bertz CT molecular complexity index is 1080. The number of hydrogen-bond acceptors (Lipinski definition) is 4. The zero-order valence-electron chi connectivity index (χ0n) is 15.9. The summed E-state index contributed by atoms with van der Waals surface area (Å²) < 4.78 is 37.3. The number of nitrogens with zero attached hydrogens (tertiary/aromatic N) is 1. The molecule has 0 saturated heterocycles. The molecule has 6 nitrogen and oxygen atoms in total. The molecule has 3 rings (SSSR count). The van der Waals surface area contributed by atoms with Crippen LogP contribution in [-0.4, -0.2) is 44.6 Å². The quantitative estimate of drug-likeness (QED) is 0.463. The van der Waals surface area contributed by atoms with Crippen LogP contribution >= 0.6 is 0 Å². The summed E-state index contributed by atoms with van der Waals surface area (Å²) in [6.45, 7) is 2.07. The molecule has 0 spiro atoms. The van der Waals surface area contributed by atoms with E-state index in [1.54, 1.807) is 31.5 Å². The molecule has 0 aliphatic carbocycles. The van der Waals surface area contributed by atoms with Crippen LogP contribution in [0, 0.1) is 5.82 Å². The van der Waals surface area contributed by atoms with E-state index in [1.165, 1.54) is 12.1 Å². The average Bonchev–Trinajstić information content (AvgIpc) is 3.15. The van der Waals surface area contributed by atoms with Crippen molar-refractivity contribution in [1.82, 2.24) is 15.3 Å². The molecule has 0 aliphatic heterocycles. The number of hydrogen-bond donors (Lipinski definition) is 2. The van der Waals surface area contributed by atoms with Crippen LogP contribution < -0.4 is 5.32 Å². The number of benzene rings is 1. The SMILES string of the molecule is CCCS(=O)(=O)[As]C(Cc1ccc(F)cc1)C(=O)NCc1cnc2[nH]ccc2c1. The fourth-order valence-electron chi connectivity index (χ4n) is 2.92. The molecule has 29 heavy (non-hydrogen) atoms. The second-order valence-corrected chi connectivity index (χ2v) is 14.6. The Morgan fingerprint density at radius 3 is 2.72 bits per heavy atom. The molecule has 0 bridgehead atoms. The van der Waals surface area contributed by atoms with Crippen LogP contribution in [0.2, 0.25) is 4.71 Å². The zero-order chi connectivity index (χ0) is 20.9. The molecule has 2 heterocycles. The Morgan fingerprint density at radius 1 is 1.24 bits per heavy atom. The van der Waals surface area contributed by atoms with E-state index in [9.17, 15) is 17.6 Å². The number of rotatable bonds is 9. The van der Waals surface area contributed by atoms with Crippen molar-refractivity contribution < 1.29 is 17.6 Å². The van der Waals surface area contributed by atoms with E-state index < -0.39 is 27.4 Å². The van der Waals surface area contributed by atoms with Crippen LogP contribution in [0.15, 0.2) is 48.8 Å². The first kappa shape index (κ1) is 21.5. The monoisotopic (exact) mass is 478 g/mol. The molecule has 2 N–H and O–H groups in total. The van der Waals surface area contributed by atoms with Gasteiger partial charge in [-0.3, -0.25) is 0 Å². The van der Waals surface area contributed by atoms with Crippen molar-refractivity contribution in [3.05, 3.63) is 65.7 Å². The number of H-pyrrole nitrogens is 1. The number of carbonyl (C=O) groups is 1. The number of fused-ring (bicyclic) bond motifs is 1. The minimum atomic E-state index is -3.27. The van der Waals surface area contributed by atoms with Gasteiger partial charge in [0.05, 0.1) is 0 Å². The third kappa shape index (κ3) is 6.15. The van der Waals surface area contributed by atoms with Crippen molar-refractivity contribution in [3.63, 3.8) is 0 Å². The van der Waals surface area contributed by atoms with Crippen LogP contribution in [0.25, 0.3) is 11.0 Å². The van der Waals surface area contributed by atoms with Gasteiger partial charge in [0.2, 0.25) is 0 Å². The normalized spacial score (nSPS) is 13.2. The molecule has 2 aromatic heterocycles. The van der Waals surface area contributed by atoms with E-state index in [1.807, 2.05) is 12.1 Å². The number of halogens is 1. The molecule has 0 aliphatic rings. The second kappa shape index (κ2) is 9.54. The van der Waals surface area contributed by atoms with E-state index in [4.69, 9.17) is 0 Å². The zero-order valence-corrected chi connectivity index (χ0v) is 18.6. The molecular weight excluding hydrogens is 456 g/mol. The topological polar surface area (TPSA) is 91.9 Å². The Hall–Kier alpha value is -2.18. The summed E-state index contributed by atoms with van der Waals surface area (Å²) in [6.07, 6.45) is 4.26. The van der Waals surface area contributed by atoms with Crippen LogP contribution in [0.4, 0.5) is 4.39 Å². The molecule has 153 valence electrons. The molecule has 3 aromatic rings. The molecule has 0 saturated carbocycles. The van der Waals surface area contributed by atoms with E-state index >= 15 is 0 Å². The first-order chi connectivity index (χ1) is 13.9. The van der Waals surface area contributed by atoms with Crippen molar-refractivity contribution in [2.75, 3.05) is 5.75 Å². The van der Waals surface area contributed by atoms with Crippen LogP contribution in [-0.2, 0) is 25.9 Å². The molecule has 0 fully saturated rings. The molecule has 1 atom stereocenters. The fourth-order valence-corrected chi connectivity index (χ4v) is 10.1. The maximum atomic E-state index is 13.2. The van der Waals surface area contributed by atoms with Crippen LogP contribution in [0.1, 0.15) is 24.5 Å². The number of amides is 1. The van der Waals surface area contributed by atoms with Crippen molar-refractivity contribution in [2.45, 2.75) is 31.0 Å². The van der Waals surface area contributed by atoms with E-state index in [-0.39, 0.29) is 30.4 Å². The number of pyridine rings is 1.